The molecule has 0 radical (unpaired) electrons. The zero-order valence-electron chi connectivity index (χ0n) is 14.3. The molecule has 1 aromatic carbocycles. The summed E-state index contributed by atoms with van der Waals surface area (Å²) in [4.78, 5) is 16.6. The van der Waals surface area contributed by atoms with Crippen LogP contribution in [0.2, 0.25) is 0 Å². The number of hydrogen-bond acceptors (Lipinski definition) is 4. The molecule has 0 saturated carbocycles. The van der Waals surface area contributed by atoms with Gasteiger partial charge in [0.2, 0.25) is 5.91 Å². The van der Waals surface area contributed by atoms with Crippen LogP contribution < -0.4 is 16.2 Å². The first kappa shape index (κ1) is 17.2. The van der Waals surface area contributed by atoms with E-state index in [0.29, 0.717) is 6.04 Å². The summed E-state index contributed by atoms with van der Waals surface area (Å²) in [6.45, 7) is 2.15. The van der Waals surface area contributed by atoms with Gasteiger partial charge in [0.1, 0.15) is 11.7 Å². The standard InChI is InChI=1S/C20H22N4O/c1-2-6-18-14-19(24-23-18)20(25)22-17-9-5-7-15(13-17)10-11-16-8-3-4-12-21-16/h3-5,7-9,12-13,18-19,23-24H,2,6,14H2,1H3,(H,22,25). The Balaban J connectivity index is 1.62. The molecule has 1 aliphatic heterocycles. The minimum absolute atomic E-state index is 0.0269. The third kappa shape index (κ3) is 4.90. The molecule has 1 aromatic heterocycles. The number of benzene rings is 1. The molecule has 0 spiro atoms. The van der Waals surface area contributed by atoms with Gasteiger partial charge in [-0.25, -0.2) is 10.4 Å². The van der Waals surface area contributed by atoms with Gasteiger partial charge in [0, 0.05) is 23.5 Å². The van der Waals surface area contributed by atoms with E-state index in [1.807, 2.05) is 42.5 Å². The average Bonchev–Trinajstić information content (AvgIpc) is 3.10. The molecule has 5 heteroatoms. The van der Waals surface area contributed by atoms with E-state index < -0.39 is 0 Å². The van der Waals surface area contributed by atoms with Crippen molar-refractivity contribution in [2.75, 3.05) is 5.32 Å². The molecule has 1 amide bonds. The summed E-state index contributed by atoms with van der Waals surface area (Å²) in [5.41, 5.74) is 8.57. The lowest BCUT2D eigenvalue weighted by atomic mass is 10.1. The van der Waals surface area contributed by atoms with Crippen molar-refractivity contribution in [1.29, 1.82) is 0 Å². The second-order valence-electron chi connectivity index (χ2n) is 6.10. The van der Waals surface area contributed by atoms with Gasteiger partial charge in [-0.2, -0.15) is 0 Å². The van der Waals surface area contributed by atoms with E-state index in [-0.39, 0.29) is 11.9 Å². The number of hydrogen-bond donors (Lipinski definition) is 3. The van der Waals surface area contributed by atoms with Crippen molar-refractivity contribution in [1.82, 2.24) is 15.8 Å². The number of rotatable bonds is 4. The molecule has 25 heavy (non-hydrogen) atoms. The minimum Gasteiger partial charge on any atom is -0.325 e. The van der Waals surface area contributed by atoms with Gasteiger partial charge in [0.05, 0.1) is 0 Å². The van der Waals surface area contributed by atoms with Crippen LogP contribution in [0.1, 0.15) is 37.4 Å². The normalized spacial score (nSPS) is 19.1. The maximum atomic E-state index is 12.4. The van der Waals surface area contributed by atoms with Crippen LogP contribution in [0.5, 0.6) is 0 Å². The molecule has 3 N–H and O–H groups in total. The highest BCUT2D eigenvalue weighted by molar-refractivity contribution is 5.95. The van der Waals surface area contributed by atoms with Crippen LogP contribution in [0, 0.1) is 11.8 Å². The van der Waals surface area contributed by atoms with Crippen LogP contribution in [-0.2, 0) is 4.79 Å². The summed E-state index contributed by atoms with van der Waals surface area (Å²) in [6.07, 6.45) is 4.69. The van der Waals surface area contributed by atoms with Gasteiger partial charge in [0.25, 0.3) is 0 Å². The smallest absolute Gasteiger partial charge is 0.242 e. The molecule has 5 nitrogen and oxygen atoms in total. The molecular formula is C20H22N4O. The first-order valence-electron chi connectivity index (χ1n) is 8.59. The Morgan fingerprint density at radius 2 is 2.16 bits per heavy atom. The first-order chi connectivity index (χ1) is 12.2. The number of carbonyl (C=O) groups excluding carboxylic acids is 1. The summed E-state index contributed by atoms with van der Waals surface area (Å²) in [5.74, 6) is 6.07. The Kier molecular flexibility index (Phi) is 5.78. The Bertz CT molecular complexity index is 779. The highest BCUT2D eigenvalue weighted by atomic mass is 16.2. The van der Waals surface area contributed by atoms with Crippen LogP contribution in [0.25, 0.3) is 0 Å². The molecule has 2 heterocycles. The highest BCUT2D eigenvalue weighted by Gasteiger charge is 2.28. The van der Waals surface area contributed by atoms with Crippen molar-refractivity contribution in [3.8, 4) is 11.8 Å². The molecule has 1 saturated heterocycles. The van der Waals surface area contributed by atoms with Gasteiger partial charge in [-0.3, -0.25) is 10.2 Å². The van der Waals surface area contributed by atoms with Crippen LogP contribution in [-0.4, -0.2) is 23.0 Å². The lowest BCUT2D eigenvalue weighted by molar-refractivity contribution is -0.117. The van der Waals surface area contributed by atoms with Gasteiger partial charge in [-0.1, -0.05) is 31.4 Å². The predicted octanol–water partition coefficient (Wildman–Crippen LogP) is 2.46. The van der Waals surface area contributed by atoms with Crippen molar-refractivity contribution in [2.45, 2.75) is 38.3 Å². The quantitative estimate of drug-likeness (QED) is 0.752. The lowest BCUT2D eigenvalue weighted by Gasteiger charge is -2.10. The molecule has 2 aromatic rings. The third-order valence-corrected chi connectivity index (χ3v) is 4.07. The summed E-state index contributed by atoms with van der Waals surface area (Å²) >= 11 is 0. The minimum atomic E-state index is -0.209. The number of pyridine rings is 1. The van der Waals surface area contributed by atoms with E-state index in [1.54, 1.807) is 6.20 Å². The fourth-order valence-electron chi connectivity index (χ4n) is 2.81. The van der Waals surface area contributed by atoms with Gasteiger partial charge in [0.15, 0.2) is 0 Å². The zero-order chi connectivity index (χ0) is 17.5. The van der Waals surface area contributed by atoms with E-state index in [9.17, 15) is 4.79 Å². The fourth-order valence-corrected chi connectivity index (χ4v) is 2.81. The van der Waals surface area contributed by atoms with Crippen LogP contribution in [0.4, 0.5) is 5.69 Å². The zero-order valence-corrected chi connectivity index (χ0v) is 14.3. The SMILES string of the molecule is CCCC1CC(C(=O)Nc2cccc(C#Cc3ccccn3)c2)NN1. The number of aromatic nitrogens is 1. The summed E-state index contributed by atoms with van der Waals surface area (Å²) < 4.78 is 0. The van der Waals surface area contributed by atoms with Gasteiger partial charge < -0.3 is 5.32 Å². The Labute approximate surface area is 148 Å². The van der Waals surface area contributed by atoms with E-state index in [2.05, 4.69) is 39.9 Å². The van der Waals surface area contributed by atoms with E-state index >= 15 is 0 Å². The Morgan fingerprint density at radius 3 is 2.96 bits per heavy atom. The number of nitrogens with one attached hydrogen (secondary N) is 3. The monoisotopic (exact) mass is 334 g/mol. The molecule has 2 unspecified atom stereocenters. The average molecular weight is 334 g/mol. The second kappa shape index (κ2) is 8.43. The number of amides is 1. The van der Waals surface area contributed by atoms with Crippen molar-refractivity contribution in [3.05, 3.63) is 59.9 Å². The number of hydrazine groups is 1. The lowest BCUT2D eigenvalue weighted by Crippen LogP contribution is -2.40. The topological polar surface area (TPSA) is 66.0 Å². The summed E-state index contributed by atoms with van der Waals surface area (Å²) in [5, 5.41) is 2.96. The van der Waals surface area contributed by atoms with Gasteiger partial charge in [-0.15, -0.1) is 0 Å². The molecule has 0 bridgehead atoms. The van der Waals surface area contributed by atoms with Crippen LogP contribution >= 0.6 is 0 Å². The van der Waals surface area contributed by atoms with Crippen molar-refractivity contribution in [2.24, 2.45) is 0 Å². The van der Waals surface area contributed by atoms with Crippen LogP contribution in [0.15, 0.2) is 48.7 Å². The van der Waals surface area contributed by atoms with E-state index in [1.165, 1.54) is 0 Å². The van der Waals surface area contributed by atoms with Gasteiger partial charge in [-0.05, 0) is 49.1 Å². The molecule has 3 rings (SSSR count). The van der Waals surface area contributed by atoms with Crippen molar-refractivity contribution in [3.63, 3.8) is 0 Å². The van der Waals surface area contributed by atoms with E-state index in [0.717, 1.165) is 36.2 Å². The van der Waals surface area contributed by atoms with E-state index in [4.69, 9.17) is 0 Å². The number of anilines is 1. The predicted molar refractivity (Wildman–Crippen MR) is 98.7 cm³/mol. The summed E-state index contributed by atoms with van der Waals surface area (Å²) in [7, 11) is 0. The van der Waals surface area contributed by atoms with Crippen molar-refractivity contribution >= 4 is 11.6 Å². The van der Waals surface area contributed by atoms with Gasteiger partial charge >= 0.3 is 0 Å². The summed E-state index contributed by atoms with van der Waals surface area (Å²) in [6, 6.07) is 13.3. The van der Waals surface area contributed by atoms with Crippen LogP contribution in [0.3, 0.4) is 0 Å². The molecule has 1 fully saturated rings. The maximum Gasteiger partial charge on any atom is 0.242 e. The Hall–Kier alpha value is -2.68. The largest absolute Gasteiger partial charge is 0.325 e. The molecular weight excluding hydrogens is 312 g/mol. The number of carbonyl (C=O) groups is 1. The molecule has 2 atom stereocenters. The highest BCUT2D eigenvalue weighted by Crippen LogP contribution is 2.14. The Morgan fingerprint density at radius 1 is 1.24 bits per heavy atom. The van der Waals surface area contributed by atoms with Crippen molar-refractivity contribution < 1.29 is 4.79 Å². The molecule has 128 valence electrons. The molecule has 0 aliphatic carbocycles. The fraction of sp³-hybridized carbons (Fsp3) is 0.300. The second-order valence-corrected chi connectivity index (χ2v) is 6.10. The number of nitrogens with zero attached hydrogens (tertiary/aromatic N) is 1. The molecule has 1 aliphatic rings. The first-order valence-corrected chi connectivity index (χ1v) is 8.59. The maximum absolute atomic E-state index is 12.4. The third-order valence-electron chi connectivity index (χ3n) is 4.07.